The summed E-state index contributed by atoms with van der Waals surface area (Å²) in [5.74, 6) is -1.67. The summed E-state index contributed by atoms with van der Waals surface area (Å²) < 4.78 is 24.5. The lowest BCUT2D eigenvalue weighted by Gasteiger charge is -2.15. The number of carboxylic acids is 1. The lowest BCUT2D eigenvalue weighted by molar-refractivity contribution is -0.138. The molecule has 3 rings (SSSR count). The van der Waals surface area contributed by atoms with E-state index in [1.165, 1.54) is 18.2 Å². The molecule has 0 saturated heterocycles. The SMILES string of the molecule is O=C(O)C(Cc1ccc2c(c1)OCO2)c1c(F)cccc1Cl. The van der Waals surface area contributed by atoms with Gasteiger partial charge in [0.15, 0.2) is 11.5 Å². The van der Waals surface area contributed by atoms with Crippen molar-refractivity contribution >= 4 is 17.6 Å². The summed E-state index contributed by atoms with van der Waals surface area (Å²) in [5.41, 5.74) is 0.699. The molecule has 4 nitrogen and oxygen atoms in total. The molecule has 0 aliphatic carbocycles. The largest absolute Gasteiger partial charge is 0.481 e. The Morgan fingerprint density at radius 2 is 2.05 bits per heavy atom. The number of fused-ring (bicyclic) bond motifs is 1. The summed E-state index contributed by atoms with van der Waals surface area (Å²) in [4.78, 5) is 11.6. The van der Waals surface area contributed by atoms with E-state index in [1.54, 1.807) is 18.2 Å². The van der Waals surface area contributed by atoms with E-state index in [0.717, 1.165) is 0 Å². The molecule has 2 aromatic rings. The van der Waals surface area contributed by atoms with Crippen LogP contribution in [-0.2, 0) is 11.2 Å². The second-order valence-corrected chi connectivity index (χ2v) is 5.33. The van der Waals surface area contributed by atoms with Gasteiger partial charge < -0.3 is 14.6 Å². The van der Waals surface area contributed by atoms with Crippen LogP contribution in [0.5, 0.6) is 11.5 Å². The fraction of sp³-hybridized carbons (Fsp3) is 0.188. The minimum Gasteiger partial charge on any atom is -0.481 e. The molecule has 1 unspecified atom stereocenters. The lowest BCUT2D eigenvalue weighted by atomic mass is 9.91. The highest BCUT2D eigenvalue weighted by Gasteiger charge is 2.27. The first-order valence-corrected chi connectivity index (χ1v) is 6.99. The van der Waals surface area contributed by atoms with Crippen LogP contribution in [0, 0.1) is 5.82 Å². The summed E-state index contributed by atoms with van der Waals surface area (Å²) in [6.07, 6.45) is 0.104. The third-order valence-corrected chi connectivity index (χ3v) is 3.85. The van der Waals surface area contributed by atoms with Crippen LogP contribution in [0.1, 0.15) is 17.0 Å². The van der Waals surface area contributed by atoms with Crippen molar-refractivity contribution in [1.82, 2.24) is 0 Å². The van der Waals surface area contributed by atoms with Gasteiger partial charge in [-0.15, -0.1) is 0 Å². The van der Waals surface area contributed by atoms with Gasteiger partial charge in [-0.2, -0.15) is 0 Å². The predicted octanol–water partition coefficient (Wildman–Crippen LogP) is 3.62. The van der Waals surface area contributed by atoms with Gasteiger partial charge >= 0.3 is 5.97 Å². The highest BCUT2D eigenvalue weighted by Crippen LogP contribution is 2.35. The molecule has 22 heavy (non-hydrogen) atoms. The Labute approximate surface area is 131 Å². The number of hydrogen-bond acceptors (Lipinski definition) is 3. The van der Waals surface area contributed by atoms with Gasteiger partial charge in [0.25, 0.3) is 0 Å². The molecule has 0 bridgehead atoms. The number of aliphatic carboxylic acids is 1. The molecule has 0 fully saturated rings. The van der Waals surface area contributed by atoms with E-state index in [1.807, 2.05) is 0 Å². The van der Waals surface area contributed by atoms with E-state index in [4.69, 9.17) is 21.1 Å². The molecule has 1 heterocycles. The van der Waals surface area contributed by atoms with Gasteiger partial charge in [-0.25, -0.2) is 4.39 Å². The molecule has 1 aliphatic rings. The molecule has 0 radical (unpaired) electrons. The van der Waals surface area contributed by atoms with Crippen molar-refractivity contribution in [2.75, 3.05) is 6.79 Å². The van der Waals surface area contributed by atoms with Crippen molar-refractivity contribution in [2.24, 2.45) is 0 Å². The maximum Gasteiger partial charge on any atom is 0.311 e. The van der Waals surface area contributed by atoms with E-state index >= 15 is 0 Å². The zero-order valence-corrected chi connectivity index (χ0v) is 12.1. The maximum atomic E-state index is 14.0. The Morgan fingerprint density at radius 1 is 1.27 bits per heavy atom. The first-order chi connectivity index (χ1) is 10.6. The van der Waals surface area contributed by atoms with E-state index < -0.39 is 17.7 Å². The topological polar surface area (TPSA) is 55.8 Å². The molecule has 114 valence electrons. The third kappa shape index (κ3) is 2.72. The lowest BCUT2D eigenvalue weighted by Crippen LogP contribution is -2.16. The van der Waals surface area contributed by atoms with Crippen LogP contribution >= 0.6 is 11.6 Å². The summed E-state index contributed by atoms with van der Waals surface area (Å²) in [7, 11) is 0. The first kappa shape index (κ1) is 14.7. The van der Waals surface area contributed by atoms with Crippen LogP contribution in [0.25, 0.3) is 0 Å². The van der Waals surface area contributed by atoms with Gasteiger partial charge in [0.1, 0.15) is 5.82 Å². The number of carbonyl (C=O) groups is 1. The smallest absolute Gasteiger partial charge is 0.311 e. The van der Waals surface area contributed by atoms with Crippen molar-refractivity contribution in [1.29, 1.82) is 0 Å². The van der Waals surface area contributed by atoms with Gasteiger partial charge in [-0.05, 0) is 36.2 Å². The molecule has 0 amide bonds. The molecule has 6 heteroatoms. The number of benzene rings is 2. The van der Waals surface area contributed by atoms with Gasteiger partial charge in [-0.1, -0.05) is 23.7 Å². The minimum atomic E-state index is -1.13. The van der Waals surface area contributed by atoms with Gasteiger partial charge in [0.2, 0.25) is 6.79 Å². The summed E-state index contributed by atoms with van der Waals surface area (Å²) in [5, 5.41) is 9.55. The highest BCUT2D eigenvalue weighted by atomic mass is 35.5. The molecular weight excluding hydrogens is 311 g/mol. The van der Waals surface area contributed by atoms with E-state index in [-0.39, 0.29) is 23.8 Å². The second-order valence-electron chi connectivity index (χ2n) is 4.92. The average molecular weight is 323 g/mol. The number of halogens is 2. The van der Waals surface area contributed by atoms with E-state index in [0.29, 0.717) is 17.1 Å². The number of ether oxygens (including phenoxy) is 2. The van der Waals surface area contributed by atoms with Crippen LogP contribution in [0.2, 0.25) is 5.02 Å². The number of carboxylic acid groups (broad SMARTS) is 1. The zero-order chi connectivity index (χ0) is 15.7. The Balaban J connectivity index is 1.94. The van der Waals surface area contributed by atoms with Gasteiger partial charge in [-0.3, -0.25) is 4.79 Å². The Bertz CT molecular complexity index is 712. The zero-order valence-electron chi connectivity index (χ0n) is 11.4. The monoisotopic (exact) mass is 322 g/mol. The van der Waals surface area contributed by atoms with Gasteiger partial charge in [0.05, 0.1) is 5.92 Å². The maximum absolute atomic E-state index is 14.0. The quantitative estimate of drug-likeness (QED) is 0.934. The molecule has 0 spiro atoms. The summed E-state index contributed by atoms with van der Waals surface area (Å²) in [6.45, 7) is 0.139. The molecular formula is C16H12ClFO4. The molecule has 0 saturated carbocycles. The van der Waals surface area contributed by atoms with E-state index in [2.05, 4.69) is 0 Å². The normalized spacial score (nSPS) is 13.9. The standard InChI is InChI=1S/C16H12ClFO4/c17-11-2-1-3-12(18)15(11)10(16(19)20)6-9-4-5-13-14(7-9)22-8-21-13/h1-5,7,10H,6,8H2,(H,19,20). The molecule has 1 atom stereocenters. The van der Waals surface area contributed by atoms with Crippen LogP contribution < -0.4 is 9.47 Å². The van der Waals surface area contributed by atoms with E-state index in [9.17, 15) is 14.3 Å². The number of hydrogen-bond donors (Lipinski definition) is 1. The Kier molecular flexibility index (Phi) is 3.90. The third-order valence-electron chi connectivity index (χ3n) is 3.52. The fourth-order valence-corrected chi connectivity index (χ4v) is 2.75. The fourth-order valence-electron chi connectivity index (χ4n) is 2.46. The van der Waals surface area contributed by atoms with Gasteiger partial charge in [0, 0.05) is 10.6 Å². The molecule has 1 aliphatic heterocycles. The van der Waals surface area contributed by atoms with Crippen LogP contribution in [-0.4, -0.2) is 17.9 Å². The first-order valence-electron chi connectivity index (χ1n) is 6.61. The van der Waals surface area contributed by atoms with Crippen molar-refractivity contribution in [3.63, 3.8) is 0 Å². The summed E-state index contributed by atoms with van der Waals surface area (Å²) >= 11 is 5.98. The Morgan fingerprint density at radius 3 is 2.77 bits per heavy atom. The average Bonchev–Trinajstić information content (AvgIpc) is 2.93. The molecule has 0 aromatic heterocycles. The minimum absolute atomic E-state index is 0.00525. The molecule has 2 aromatic carbocycles. The Hall–Kier alpha value is -2.27. The number of rotatable bonds is 4. The van der Waals surface area contributed by atoms with Crippen LogP contribution in [0.3, 0.4) is 0 Å². The van der Waals surface area contributed by atoms with Crippen molar-refractivity contribution in [3.8, 4) is 11.5 Å². The van der Waals surface area contributed by atoms with Crippen molar-refractivity contribution in [3.05, 3.63) is 58.4 Å². The van der Waals surface area contributed by atoms with Crippen LogP contribution in [0.4, 0.5) is 4.39 Å². The predicted molar refractivity (Wildman–Crippen MR) is 78.1 cm³/mol. The summed E-state index contributed by atoms with van der Waals surface area (Å²) in [6, 6.07) is 9.28. The van der Waals surface area contributed by atoms with Crippen molar-refractivity contribution in [2.45, 2.75) is 12.3 Å². The second kappa shape index (κ2) is 5.85. The van der Waals surface area contributed by atoms with Crippen molar-refractivity contribution < 1.29 is 23.8 Å². The van der Waals surface area contributed by atoms with Crippen LogP contribution in [0.15, 0.2) is 36.4 Å². The molecule has 1 N–H and O–H groups in total. The highest BCUT2D eigenvalue weighted by molar-refractivity contribution is 6.31.